The van der Waals surface area contributed by atoms with Crippen LogP contribution in [0.25, 0.3) is 0 Å². The summed E-state index contributed by atoms with van der Waals surface area (Å²) in [5.74, 6) is -2.46. The van der Waals surface area contributed by atoms with E-state index in [0.29, 0.717) is 11.1 Å². The molecule has 0 bridgehead atoms. The number of amides is 1. The van der Waals surface area contributed by atoms with Gasteiger partial charge in [0.15, 0.2) is 5.17 Å². The van der Waals surface area contributed by atoms with Gasteiger partial charge in [-0.3, -0.25) is 0 Å². The van der Waals surface area contributed by atoms with E-state index >= 15 is 4.39 Å². The number of hydrogen-bond acceptors (Lipinski definition) is 9. The highest BCUT2D eigenvalue weighted by Crippen LogP contribution is 2.41. The van der Waals surface area contributed by atoms with Crippen molar-refractivity contribution < 1.29 is 37.7 Å². The summed E-state index contributed by atoms with van der Waals surface area (Å²) in [5, 5.41) is 0.0432. The number of aliphatic imine (C=N–C) groups is 1. The molecule has 0 radical (unpaired) electrons. The van der Waals surface area contributed by atoms with Crippen LogP contribution in [0.15, 0.2) is 32.6 Å². The molecule has 1 aromatic rings. The number of thioether (sulfide) groups is 1. The van der Waals surface area contributed by atoms with Crippen molar-refractivity contribution in [3.8, 4) is 0 Å². The second-order valence-electron chi connectivity index (χ2n) is 11.2. The minimum Gasteiger partial charge on any atom is -0.465 e. The van der Waals surface area contributed by atoms with Crippen LogP contribution in [-0.4, -0.2) is 69.3 Å². The van der Waals surface area contributed by atoms with E-state index in [1.54, 1.807) is 27.7 Å². The number of esters is 2. The third-order valence-corrected chi connectivity index (χ3v) is 8.54. The molecule has 1 atom stereocenters. The molecule has 1 amide bonds. The molecule has 0 N–H and O–H groups in total. The first-order chi connectivity index (χ1) is 17.9. The molecule has 1 unspecified atom stereocenters. The van der Waals surface area contributed by atoms with Crippen LogP contribution in [0.5, 0.6) is 0 Å². The maximum Gasteiger partial charge on any atom is 0.418 e. The van der Waals surface area contributed by atoms with Crippen LogP contribution in [0, 0.1) is 5.82 Å². The number of nitrogens with zero attached hydrogens (tertiary/aromatic N) is 2. The summed E-state index contributed by atoms with van der Waals surface area (Å²) >= 11 is 4.19. The summed E-state index contributed by atoms with van der Waals surface area (Å²) in [5.41, 5.74) is -2.70. The molecule has 9 nitrogen and oxygen atoms in total. The number of amidine groups is 1. The molecule has 1 aromatic carbocycles. The molecule has 0 saturated carbocycles. The topological polar surface area (TPSA) is 104 Å². The summed E-state index contributed by atoms with van der Waals surface area (Å²) in [6.07, 6.45) is 0.679. The van der Waals surface area contributed by atoms with Gasteiger partial charge in [-0.1, -0.05) is 35.6 Å². The number of rotatable bonds is 8. The zero-order valence-corrected chi connectivity index (χ0v) is 27.2. The Hall–Kier alpha value is -2.22. The van der Waals surface area contributed by atoms with Gasteiger partial charge in [-0.2, -0.15) is 0 Å². The van der Waals surface area contributed by atoms with Crippen LogP contribution in [0.4, 0.5) is 9.18 Å². The number of carbonyl (C=O) groups is 3. The highest BCUT2D eigenvalue weighted by Gasteiger charge is 2.39. The second-order valence-corrected chi connectivity index (χ2v) is 18.8. The Balaban J connectivity index is 2.66. The Morgan fingerprint density at radius 2 is 1.74 bits per heavy atom. The molecule has 0 aliphatic carbocycles. The van der Waals surface area contributed by atoms with Crippen molar-refractivity contribution in [1.82, 2.24) is 4.90 Å². The van der Waals surface area contributed by atoms with E-state index in [4.69, 9.17) is 23.9 Å². The second kappa shape index (κ2) is 13.0. The van der Waals surface area contributed by atoms with E-state index in [1.807, 2.05) is 0 Å². The third-order valence-electron chi connectivity index (χ3n) is 5.38. The summed E-state index contributed by atoms with van der Waals surface area (Å²) < 4.78 is 37.2. The Morgan fingerprint density at radius 3 is 2.28 bits per heavy atom. The Kier molecular flexibility index (Phi) is 11.0. The standard InChI is InChI=1S/C26H36BrFN2O7SSi/c1-25(2,3)37-24(33)30(15-36-10-11-39(7,8)9)23-29-26(4,14-19(38-23)22(32)35-6)18-13-16(27)12-17(20(18)28)21(31)34-5/h12-14H,10-11,15H2,1-9H3. The molecule has 0 fully saturated rings. The van der Waals surface area contributed by atoms with Crippen molar-refractivity contribution in [2.24, 2.45) is 4.99 Å². The van der Waals surface area contributed by atoms with Gasteiger partial charge in [0.1, 0.15) is 23.7 Å². The van der Waals surface area contributed by atoms with Gasteiger partial charge in [0.2, 0.25) is 0 Å². The lowest BCUT2D eigenvalue weighted by molar-refractivity contribution is -0.135. The minimum absolute atomic E-state index is 0.0275. The fourth-order valence-corrected chi connectivity index (χ4v) is 5.68. The summed E-state index contributed by atoms with van der Waals surface area (Å²) in [6, 6.07) is 3.60. The molecule has 0 aromatic heterocycles. The van der Waals surface area contributed by atoms with Gasteiger partial charge in [0.25, 0.3) is 0 Å². The highest BCUT2D eigenvalue weighted by molar-refractivity contribution is 9.10. The summed E-state index contributed by atoms with van der Waals surface area (Å²) in [6.45, 7) is 13.5. The molecule has 1 aliphatic heterocycles. The number of ether oxygens (including phenoxy) is 4. The van der Waals surface area contributed by atoms with Gasteiger partial charge in [0.05, 0.1) is 24.7 Å². The van der Waals surface area contributed by atoms with E-state index in [2.05, 4.69) is 35.6 Å². The zero-order valence-electron chi connectivity index (χ0n) is 23.8. The molecule has 39 heavy (non-hydrogen) atoms. The van der Waals surface area contributed by atoms with E-state index < -0.39 is 43.1 Å². The molecule has 2 rings (SSSR count). The van der Waals surface area contributed by atoms with Gasteiger partial charge < -0.3 is 18.9 Å². The Bertz CT molecular complexity index is 1180. The average molecular weight is 648 g/mol. The van der Waals surface area contributed by atoms with E-state index in [9.17, 15) is 14.4 Å². The molecule has 13 heteroatoms. The lowest BCUT2D eigenvalue weighted by Crippen LogP contribution is -2.43. The maximum absolute atomic E-state index is 15.7. The normalized spacial score (nSPS) is 17.6. The van der Waals surface area contributed by atoms with Crippen molar-refractivity contribution in [3.05, 3.63) is 44.5 Å². The average Bonchev–Trinajstić information content (AvgIpc) is 2.81. The number of benzene rings is 1. The van der Waals surface area contributed by atoms with Crippen LogP contribution in [0.3, 0.4) is 0 Å². The third kappa shape index (κ3) is 9.15. The van der Waals surface area contributed by atoms with Gasteiger partial charge in [-0.25, -0.2) is 28.7 Å². The SMILES string of the molecule is COC(=O)C1=CC(C)(c2cc(Br)cc(C(=O)OC)c2F)N=C(N(COCC[Si](C)(C)C)C(=O)OC(C)(C)C)S1. The van der Waals surface area contributed by atoms with Crippen molar-refractivity contribution in [2.75, 3.05) is 27.6 Å². The van der Waals surface area contributed by atoms with Crippen LogP contribution in [0.2, 0.25) is 25.7 Å². The molecular formula is C26H36BrFN2O7SSi. The molecule has 0 saturated heterocycles. The number of halogens is 2. The first kappa shape index (κ1) is 33.0. The van der Waals surface area contributed by atoms with Crippen molar-refractivity contribution in [2.45, 2.75) is 64.5 Å². The van der Waals surface area contributed by atoms with Crippen molar-refractivity contribution in [1.29, 1.82) is 0 Å². The van der Waals surface area contributed by atoms with Crippen LogP contribution in [-0.2, 0) is 29.3 Å². The minimum atomic E-state index is -1.53. The van der Waals surface area contributed by atoms with Crippen molar-refractivity contribution in [3.63, 3.8) is 0 Å². The van der Waals surface area contributed by atoms with Crippen LogP contribution in [0.1, 0.15) is 43.6 Å². The number of hydrogen-bond donors (Lipinski definition) is 0. The molecular weight excluding hydrogens is 611 g/mol. The predicted octanol–water partition coefficient (Wildman–Crippen LogP) is 6.30. The molecule has 0 spiro atoms. The van der Waals surface area contributed by atoms with Crippen LogP contribution < -0.4 is 0 Å². The van der Waals surface area contributed by atoms with Gasteiger partial charge in [0, 0.05) is 24.7 Å². The Morgan fingerprint density at radius 1 is 1.13 bits per heavy atom. The number of carbonyl (C=O) groups excluding carboxylic acids is 3. The monoisotopic (exact) mass is 646 g/mol. The molecule has 1 heterocycles. The summed E-state index contributed by atoms with van der Waals surface area (Å²) in [7, 11) is 0.950. The zero-order chi connectivity index (χ0) is 29.8. The Labute approximate surface area is 242 Å². The largest absolute Gasteiger partial charge is 0.465 e. The van der Waals surface area contributed by atoms with Crippen molar-refractivity contribution >= 4 is 59.0 Å². The maximum atomic E-state index is 15.7. The summed E-state index contributed by atoms with van der Waals surface area (Å²) in [4.78, 5) is 44.2. The lowest BCUT2D eigenvalue weighted by Gasteiger charge is -2.33. The van der Waals surface area contributed by atoms with E-state index in [1.165, 1.54) is 30.2 Å². The van der Waals surface area contributed by atoms with Gasteiger partial charge >= 0.3 is 18.0 Å². The van der Waals surface area contributed by atoms with Gasteiger partial charge in [-0.05, 0) is 63.7 Å². The molecule has 216 valence electrons. The fraction of sp³-hybridized carbons (Fsp3) is 0.538. The quantitative estimate of drug-likeness (QED) is 0.107. The van der Waals surface area contributed by atoms with Crippen LogP contribution >= 0.6 is 27.7 Å². The first-order valence-electron chi connectivity index (χ1n) is 12.2. The lowest BCUT2D eigenvalue weighted by atomic mass is 9.90. The van der Waals surface area contributed by atoms with Gasteiger partial charge in [-0.15, -0.1) is 0 Å². The predicted molar refractivity (Wildman–Crippen MR) is 155 cm³/mol. The molecule has 1 aliphatic rings. The number of methoxy groups -OCH3 is 2. The highest BCUT2D eigenvalue weighted by atomic mass is 79.9. The van der Waals surface area contributed by atoms with E-state index in [0.717, 1.165) is 24.9 Å². The van der Waals surface area contributed by atoms with E-state index in [-0.39, 0.29) is 27.9 Å². The smallest absolute Gasteiger partial charge is 0.418 e. The first-order valence-corrected chi connectivity index (χ1v) is 17.5. The fourth-order valence-electron chi connectivity index (χ4n) is 3.34.